The largest absolute Gasteiger partial charge is 0.460 e. The van der Waals surface area contributed by atoms with Gasteiger partial charge in [-0.1, -0.05) is 0 Å². The Morgan fingerprint density at radius 2 is 2.27 bits per heavy atom. The van der Waals surface area contributed by atoms with Crippen LogP contribution in [0.1, 0.15) is 11.5 Å². The van der Waals surface area contributed by atoms with Crippen LogP contribution >= 0.6 is 0 Å². The van der Waals surface area contributed by atoms with Crippen LogP contribution in [0.3, 0.4) is 0 Å². The maximum Gasteiger partial charge on any atom is 0.152 e. The molecule has 2 aromatic rings. The summed E-state index contributed by atoms with van der Waals surface area (Å²) in [7, 11) is 3.83. The van der Waals surface area contributed by atoms with E-state index in [2.05, 4.69) is 10.4 Å². The number of furan rings is 1. The lowest BCUT2D eigenvalue weighted by molar-refractivity contribution is 0.541. The Kier molecular flexibility index (Phi) is 2.60. The molecule has 15 heavy (non-hydrogen) atoms. The molecule has 0 atom stereocenters. The van der Waals surface area contributed by atoms with Crippen molar-refractivity contribution in [1.82, 2.24) is 15.1 Å². The predicted octanol–water partition coefficient (Wildman–Crippen LogP) is 1.71. The van der Waals surface area contributed by atoms with Crippen molar-refractivity contribution in [2.24, 2.45) is 7.05 Å². The number of rotatable bonds is 3. The standard InChI is InChI=1S/C11H15N3O/c1-8-4-5-11(15-8)10-6-9(7-12-2)13-14(10)3/h4-6,12H,7H2,1-3H3. The van der Waals surface area contributed by atoms with Gasteiger partial charge in [0, 0.05) is 13.6 Å². The molecular weight excluding hydrogens is 190 g/mol. The van der Waals surface area contributed by atoms with Crippen LogP contribution in [0.5, 0.6) is 0 Å². The van der Waals surface area contributed by atoms with Gasteiger partial charge in [0.25, 0.3) is 0 Å². The Labute approximate surface area is 88.9 Å². The summed E-state index contributed by atoms with van der Waals surface area (Å²) >= 11 is 0. The first kappa shape index (κ1) is 9.98. The van der Waals surface area contributed by atoms with E-state index >= 15 is 0 Å². The second kappa shape index (κ2) is 3.90. The smallest absolute Gasteiger partial charge is 0.152 e. The minimum Gasteiger partial charge on any atom is -0.460 e. The minimum atomic E-state index is 0.771. The highest BCUT2D eigenvalue weighted by Crippen LogP contribution is 2.22. The van der Waals surface area contributed by atoms with Gasteiger partial charge in [0.15, 0.2) is 5.76 Å². The van der Waals surface area contributed by atoms with Crippen LogP contribution in [-0.2, 0) is 13.6 Å². The van der Waals surface area contributed by atoms with Gasteiger partial charge in [-0.25, -0.2) is 0 Å². The summed E-state index contributed by atoms with van der Waals surface area (Å²) in [4.78, 5) is 0. The molecule has 0 aliphatic carbocycles. The second-order valence-corrected chi connectivity index (χ2v) is 3.59. The zero-order chi connectivity index (χ0) is 10.8. The molecule has 2 aromatic heterocycles. The molecular formula is C11H15N3O. The summed E-state index contributed by atoms with van der Waals surface area (Å²) in [5.41, 5.74) is 2.03. The van der Waals surface area contributed by atoms with Gasteiger partial charge < -0.3 is 9.73 Å². The Balaban J connectivity index is 2.35. The molecule has 0 aliphatic heterocycles. The van der Waals surface area contributed by atoms with Crippen molar-refractivity contribution in [2.75, 3.05) is 7.05 Å². The number of nitrogens with zero attached hydrogens (tertiary/aromatic N) is 2. The van der Waals surface area contributed by atoms with E-state index in [0.29, 0.717) is 0 Å². The number of hydrogen-bond donors (Lipinski definition) is 1. The van der Waals surface area contributed by atoms with Crippen LogP contribution in [0.4, 0.5) is 0 Å². The predicted molar refractivity (Wildman–Crippen MR) is 58.4 cm³/mol. The highest BCUT2D eigenvalue weighted by Gasteiger charge is 2.09. The van der Waals surface area contributed by atoms with E-state index < -0.39 is 0 Å². The molecule has 0 aliphatic rings. The molecule has 4 heteroatoms. The molecule has 2 rings (SSSR count). The summed E-state index contributed by atoms with van der Waals surface area (Å²) in [6, 6.07) is 5.96. The molecule has 0 saturated heterocycles. The molecule has 0 fully saturated rings. The summed E-state index contributed by atoms with van der Waals surface area (Å²) in [5, 5.41) is 7.45. The van der Waals surface area contributed by atoms with E-state index in [4.69, 9.17) is 4.42 Å². The maximum absolute atomic E-state index is 5.56. The first-order valence-electron chi connectivity index (χ1n) is 4.95. The molecule has 0 unspecified atom stereocenters. The lowest BCUT2D eigenvalue weighted by atomic mass is 10.3. The first-order valence-corrected chi connectivity index (χ1v) is 4.95. The van der Waals surface area contributed by atoms with Crippen LogP contribution in [0, 0.1) is 6.92 Å². The fourth-order valence-corrected chi connectivity index (χ4v) is 1.60. The third kappa shape index (κ3) is 1.94. The van der Waals surface area contributed by atoms with Gasteiger partial charge in [0.1, 0.15) is 11.5 Å². The number of nitrogens with one attached hydrogen (secondary N) is 1. The van der Waals surface area contributed by atoms with E-state index in [-0.39, 0.29) is 0 Å². The van der Waals surface area contributed by atoms with Gasteiger partial charge in [-0.15, -0.1) is 0 Å². The van der Waals surface area contributed by atoms with Gasteiger partial charge in [-0.2, -0.15) is 5.10 Å². The third-order valence-electron chi connectivity index (χ3n) is 2.28. The first-order chi connectivity index (χ1) is 7.20. The normalized spacial score (nSPS) is 10.9. The highest BCUT2D eigenvalue weighted by atomic mass is 16.3. The van der Waals surface area contributed by atoms with Gasteiger partial charge in [0.2, 0.25) is 0 Å². The molecule has 0 saturated carbocycles. The lowest BCUT2D eigenvalue weighted by Crippen LogP contribution is -2.05. The third-order valence-corrected chi connectivity index (χ3v) is 2.28. The molecule has 0 aromatic carbocycles. The maximum atomic E-state index is 5.56. The Morgan fingerprint density at radius 1 is 1.47 bits per heavy atom. The molecule has 0 radical (unpaired) electrons. The van der Waals surface area contributed by atoms with Gasteiger partial charge >= 0.3 is 0 Å². The van der Waals surface area contributed by atoms with Crippen molar-refractivity contribution < 1.29 is 4.42 Å². The van der Waals surface area contributed by atoms with E-state index in [0.717, 1.165) is 29.5 Å². The Morgan fingerprint density at radius 3 is 2.87 bits per heavy atom. The molecule has 4 nitrogen and oxygen atoms in total. The van der Waals surface area contributed by atoms with Gasteiger partial charge in [-0.3, -0.25) is 4.68 Å². The molecule has 1 N–H and O–H groups in total. The van der Waals surface area contributed by atoms with E-state index in [9.17, 15) is 0 Å². The van der Waals surface area contributed by atoms with Crippen LogP contribution in [0.15, 0.2) is 22.6 Å². The van der Waals surface area contributed by atoms with Gasteiger partial charge in [-0.05, 0) is 32.2 Å². The number of hydrogen-bond acceptors (Lipinski definition) is 3. The summed E-state index contributed by atoms with van der Waals surface area (Å²) < 4.78 is 7.40. The second-order valence-electron chi connectivity index (χ2n) is 3.59. The van der Waals surface area contributed by atoms with Crippen LogP contribution in [0.25, 0.3) is 11.5 Å². The summed E-state index contributed by atoms with van der Waals surface area (Å²) in [6.07, 6.45) is 0. The summed E-state index contributed by atoms with van der Waals surface area (Å²) in [5.74, 6) is 1.78. The number of aryl methyl sites for hydroxylation is 2. The van der Waals surface area contributed by atoms with Crippen molar-refractivity contribution in [3.05, 3.63) is 29.7 Å². The molecule has 2 heterocycles. The topological polar surface area (TPSA) is 43.0 Å². The van der Waals surface area contributed by atoms with Crippen molar-refractivity contribution in [2.45, 2.75) is 13.5 Å². The van der Waals surface area contributed by atoms with Crippen LogP contribution < -0.4 is 5.32 Å². The fraction of sp³-hybridized carbons (Fsp3) is 0.364. The lowest BCUT2D eigenvalue weighted by Gasteiger charge is -1.95. The highest BCUT2D eigenvalue weighted by molar-refractivity contribution is 5.53. The molecule has 80 valence electrons. The molecule has 0 amide bonds. The zero-order valence-corrected chi connectivity index (χ0v) is 9.24. The van der Waals surface area contributed by atoms with Crippen molar-refractivity contribution in [3.63, 3.8) is 0 Å². The average molecular weight is 205 g/mol. The molecule has 0 spiro atoms. The summed E-state index contributed by atoms with van der Waals surface area (Å²) in [6.45, 7) is 2.71. The monoisotopic (exact) mass is 205 g/mol. The SMILES string of the molecule is CNCc1cc(-c2ccc(C)o2)n(C)n1. The van der Waals surface area contributed by atoms with Gasteiger partial charge in [0.05, 0.1) is 5.69 Å². The van der Waals surface area contributed by atoms with E-state index in [1.54, 1.807) is 0 Å². The zero-order valence-electron chi connectivity index (χ0n) is 9.24. The number of aromatic nitrogens is 2. The quantitative estimate of drug-likeness (QED) is 0.829. The van der Waals surface area contributed by atoms with Crippen LogP contribution in [0.2, 0.25) is 0 Å². The van der Waals surface area contributed by atoms with E-state index in [1.165, 1.54) is 0 Å². The van der Waals surface area contributed by atoms with Crippen molar-refractivity contribution in [1.29, 1.82) is 0 Å². The Bertz CT molecular complexity index is 456. The van der Waals surface area contributed by atoms with Crippen LogP contribution in [-0.4, -0.2) is 16.8 Å². The fourth-order valence-electron chi connectivity index (χ4n) is 1.60. The average Bonchev–Trinajstić information content (AvgIpc) is 2.73. The van der Waals surface area contributed by atoms with Crippen molar-refractivity contribution >= 4 is 0 Å². The van der Waals surface area contributed by atoms with E-state index in [1.807, 2.05) is 43.9 Å². The Hall–Kier alpha value is -1.55. The molecule has 0 bridgehead atoms. The van der Waals surface area contributed by atoms with Crippen molar-refractivity contribution in [3.8, 4) is 11.5 Å². The minimum absolute atomic E-state index is 0.771.